The second-order valence-electron chi connectivity index (χ2n) is 3.30. The van der Waals surface area contributed by atoms with Crippen molar-refractivity contribution in [2.24, 2.45) is 0 Å². The zero-order valence-electron chi connectivity index (χ0n) is 8.07. The van der Waals surface area contributed by atoms with Crippen LogP contribution < -0.4 is 0 Å². The first kappa shape index (κ1) is 10.6. The summed E-state index contributed by atoms with van der Waals surface area (Å²) in [7, 11) is 0. The number of rotatable bonds is 2. The van der Waals surface area contributed by atoms with E-state index in [0.29, 0.717) is 19.6 Å². The number of nitrogens with zero attached hydrogens (tertiary/aromatic N) is 1. The first-order chi connectivity index (χ1) is 7.29. The number of hydrogen-bond acceptors (Lipinski definition) is 3. The van der Waals surface area contributed by atoms with Gasteiger partial charge in [0.2, 0.25) is 0 Å². The maximum absolute atomic E-state index is 8.64. The monoisotopic (exact) mass is 267 g/mol. The van der Waals surface area contributed by atoms with E-state index in [9.17, 15) is 0 Å². The fourth-order valence-electron chi connectivity index (χ4n) is 1.56. The molecule has 0 radical (unpaired) electrons. The molecule has 3 nitrogen and oxygen atoms in total. The molecule has 0 spiro atoms. The van der Waals surface area contributed by atoms with E-state index in [2.05, 4.69) is 22.0 Å². The highest BCUT2D eigenvalue weighted by Crippen LogP contribution is 2.27. The third kappa shape index (κ3) is 2.57. The summed E-state index contributed by atoms with van der Waals surface area (Å²) in [6.45, 7) is 1.26. The SMILES string of the molecule is N#CCc1cc(Br)cc(C2OCCO2)c1. The Morgan fingerprint density at radius 1 is 1.33 bits per heavy atom. The quantitative estimate of drug-likeness (QED) is 0.827. The molecule has 1 aromatic carbocycles. The summed E-state index contributed by atoms with van der Waals surface area (Å²) in [6, 6.07) is 7.96. The molecule has 0 unspecified atom stereocenters. The molecule has 15 heavy (non-hydrogen) atoms. The highest BCUT2D eigenvalue weighted by molar-refractivity contribution is 9.10. The first-order valence-corrected chi connectivity index (χ1v) is 5.48. The van der Waals surface area contributed by atoms with E-state index in [1.165, 1.54) is 0 Å². The van der Waals surface area contributed by atoms with Crippen molar-refractivity contribution >= 4 is 15.9 Å². The Morgan fingerprint density at radius 2 is 2.07 bits per heavy atom. The van der Waals surface area contributed by atoms with Crippen LogP contribution in [0, 0.1) is 11.3 Å². The Hall–Kier alpha value is -0.890. The molecule has 1 fully saturated rings. The average Bonchev–Trinajstić information content (AvgIpc) is 2.70. The average molecular weight is 268 g/mol. The molecule has 1 aliphatic heterocycles. The van der Waals surface area contributed by atoms with E-state index in [-0.39, 0.29) is 6.29 Å². The summed E-state index contributed by atoms with van der Waals surface area (Å²) < 4.78 is 11.8. The summed E-state index contributed by atoms with van der Waals surface area (Å²) in [6.07, 6.45) is 0.124. The molecule has 0 amide bonds. The fraction of sp³-hybridized carbons (Fsp3) is 0.364. The minimum Gasteiger partial charge on any atom is -0.346 e. The summed E-state index contributed by atoms with van der Waals surface area (Å²) in [5.41, 5.74) is 1.94. The lowest BCUT2D eigenvalue weighted by molar-refractivity contribution is -0.0441. The van der Waals surface area contributed by atoms with Crippen molar-refractivity contribution in [1.29, 1.82) is 5.26 Å². The predicted molar refractivity (Wildman–Crippen MR) is 58.1 cm³/mol. The van der Waals surface area contributed by atoms with Gasteiger partial charge in [0.25, 0.3) is 0 Å². The Kier molecular flexibility index (Phi) is 3.37. The van der Waals surface area contributed by atoms with Gasteiger partial charge in [-0.15, -0.1) is 0 Å². The number of benzene rings is 1. The van der Waals surface area contributed by atoms with Crippen molar-refractivity contribution in [2.45, 2.75) is 12.7 Å². The van der Waals surface area contributed by atoms with Gasteiger partial charge in [-0.05, 0) is 23.8 Å². The van der Waals surface area contributed by atoms with Crippen LogP contribution in [0.5, 0.6) is 0 Å². The minimum absolute atomic E-state index is 0.278. The van der Waals surface area contributed by atoms with Gasteiger partial charge in [0, 0.05) is 10.0 Å². The van der Waals surface area contributed by atoms with Crippen molar-refractivity contribution in [3.05, 3.63) is 33.8 Å². The lowest BCUT2D eigenvalue weighted by Gasteiger charge is -2.10. The van der Waals surface area contributed by atoms with Crippen LogP contribution >= 0.6 is 15.9 Å². The second-order valence-corrected chi connectivity index (χ2v) is 4.22. The molecule has 0 saturated carbocycles. The zero-order chi connectivity index (χ0) is 10.7. The van der Waals surface area contributed by atoms with Crippen molar-refractivity contribution in [2.75, 3.05) is 13.2 Å². The number of ether oxygens (including phenoxy) is 2. The molecule has 0 aromatic heterocycles. The van der Waals surface area contributed by atoms with Gasteiger partial charge in [-0.1, -0.05) is 15.9 Å². The summed E-state index contributed by atoms with van der Waals surface area (Å²) >= 11 is 3.41. The van der Waals surface area contributed by atoms with Crippen LogP contribution in [0.15, 0.2) is 22.7 Å². The van der Waals surface area contributed by atoms with Crippen molar-refractivity contribution in [3.8, 4) is 6.07 Å². The predicted octanol–water partition coefficient (Wildman–Crippen LogP) is 2.56. The summed E-state index contributed by atoms with van der Waals surface area (Å²) in [5, 5.41) is 8.64. The van der Waals surface area contributed by atoms with Crippen LogP contribution in [0.2, 0.25) is 0 Å². The number of hydrogen-bond donors (Lipinski definition) is 0. The molecule has 1 saturated heterocycles. The molecular formula is C11H10BrNO2. The normalized spacial score (nSPS) is 16.5. The number of nitriles is 1. The maximum Gasteiger partial charge on any atom is 0.184 e. The van der Waals surface area contributed by atoms with Gasteiger partial charge in [-0.3, -0.25) is 0 Å². The first-order valence-electron chi connectivity index (χ1n) is 4.69. The molecule has 1 heterocycles. The topological polar surface area (TPSA) is 42.2 Å². The summed E-state index contributed by atoms with van der Waals surface area (Å²) in [4.78, 5) is 0. The van der Waals surface area contributed by atoms with Crippen molar-refractivity contribution in [3.63, 3.8) is 0 Å². The second kappa shape index (κ2) is 4.75. The van der Waals surface area contributed by atoms with Gasteiger partial charge in [0.05, 0.1) is 25.7 Å². The molecule has 0 bridgehead atoms. The maximum atomic E-state index is 8.64. The lowest BCUT2D eigenvalue weighted by Crippen LogP contribution is -1.99. The highest BCUT2D eigenvalue weighted by atomic mass is 79.9. The molecular weight excluding hydrogens is 258 g/mol. The van der Waals surface area contributed by atoms with E-state index < -0.39 is 0 Å². The molecule has 0 aliphatic carbocycles. The Balaban J connectivity index is 2.26. The van der Waals surface area contributed by atoms with Crippen LogP contribution in [0.3, 0.4) is 0 Å². The molecule has 0 atom stereocenters. The van der Waals surface area contributed by atoms with Crippen LogP contribution in [0.25, 0.3) is 0 Å². The molecule has 0 N–H and O–H groups in total. The van der Waals surface area contributed by atoms with E-state index in [1.807, 2.05) is 18.2 Å². The number of halogens is 1. The van der Waals surface area contributed by atoms with Gasteiger partial charge in [0.1, 0.15) is 0 Å². The Bertz CT molecular complexity index is 394. The van der Waals surface area contributed by atoms with Crippen LogP contribution in [0.1, 0.15) is 17.4 Å². The van der Waals surface area contributed by atoms with Gasteiger partial charge < -0.3 is 9.47 Å². The highest BCUT2D eigenvalue weighted by Gasteiger charge is 2.18. The largest absolute Gasteiger partial charge is 0.346 e. The Morgan fingerprint density at radius 3 is 2.73 bits per heavy atom. The van der Waals surface area contributed by atoms with Crippen molar-refractivity contribution < 1.29 is 9.47 Å². The third-order valence-electron chi connectivity index (χ3n) is 2.16. The smallest absolute Gasteiger partial charge is 0.184 e. The van der Waals surface area contributed by atoms with Gasteiger partial charge in [0.15, 0.2) is 6.29 Å². The fourth-order valence-corrected chi connectivity index (χ4v) is 2.11. The standard InChI is InChI=1S/C11H10BrNO2/c12-10-6-8(1-2-13)5-9(7-10)11-14-3-4-15-11/h5-7,11H,1,3-4H2. The third-order valence-corrected chi connectivity index (χ3v) is 2.61. The molecule has 1 aliphatic rings. The van der Waals surface area contributed by atoms with E-state index in [0.717, 1.165) is 15.6 Å². The Labute approximate surface area is 96.7 Å². The van der Waals surface area contributed by atoms with Crippen LogP contribution in [-0.2, 0) is 15.9 Å². The van der Waals surface area contributed by atoms with Crippen LogP contribution in [0.4, 0.5) is 0 Å². The van der Waals surface area contributed by atoms with Gasteiger partial charge in [-0.25, -0.2) is 0 Å². The molecule has 4 heteroatoms. The van der Waals surface area contributed by atoms with E-state index in [4.69, 9.17) is 14.7 Å². The van der Waals surface area contributed by atoms with Gasteiger partial charge >= 0.3 is 0 Å². The van der Waals surface area contributed by atoms with E-state index >= 15 is 0 Å². The zero-order valence-corrected chi connectivity index (χ0v) is 9.66. The molecule has 78 valence electrons. The van der Waals surface area contributed by atoms with Crippen molar-refractivity contribution in [1.82, 2.24) is 0 Å². The summed E-state index contributed by atoms with van der Waals surface area (Å²) in [5.74, 6) is 0. The molecule has 2 rings (SSSR count). The van der Waals surface area contributed by atoms with Gasteiger partial charge in [-0.2, -0.15) is 5.26 Å². The van der Waals surface area contributed by atoms with E-state index in [1.54, 1.807) is 0 Å². The lowest BCUT2D eigenvalue weighted by atomic mass is 10.1. The minimum atomic E-state index is -0.278. The molecule has 1 aromatic rings. The van der Waals surface area contributed by atoms with Crippen LogP contribution in [-0.4, -0.2) is 13.2 Å².